The highest BCUT2D eigenvalue weighted by atomic mass is 79.9. The molecule has 0 saturated heterocycles. The second kappa shape index (κ2) is 4.69. The number of rotatable bonds is 3. The average Bonchev–Trinajstić information content (AvgIpc) is 2.61. The molecule has 2 unspecified atom stereocenters. The maximum atomic E-state index is 11.8. The van der Waals surface area contributed by atoms with E-state index in [1.54, 1.807) is 0 Å². The molecule has 0 aromatic heterocycles. The van der Waals surface area contributed by atoms with Crippen LogP contribution in [0.2, 0.25) is 0 Å². The van der Waals surface area contributed by atoms with Gasteiger partial charge in [0.15, 0.2) is 0 Å². The molecular formula is C13H17BrN2O. The highest BCUT2D eigenvalue weighted by molar-refractivity contribution is 9.10. The van der Waals surface area contributed by atoms with Gasteiger partial charge in [-0.15, -0.1) is 0 Å². The predicted molar refractivity (Wildman–Crippen MR) is 72.7 cm³/mol. The second-order valence-corrected chi connectivity index (χ2v) is 5.68. The van der Waals surface area contributed by atoms with Crippen molar-refractivity contribution in [1.29, 1.82) is 0 Å². The first-order valence-electron chi connectivity index (χ1n) is 5.88. The molecule has 1 aliphatic rings. The molecule has 0 heterocycles. The molecule has 3 nitrogen and oxygen atoms in total. The standard InChI is InChI=1S/C13H17BrN2O/c1-9-4-3-7-13(9,12(15)17)16-11-6-2-5-10(14)8-11/h2,5-6,8-9,16H,3-4,7H2,1H3,(H2,15,17). The highest BCUT2D eigenvalue weighted by Crippen LogP contribution is 2.38. The molecule has 1 saturated carbocycles. The lowest BCUT2D eigenvalue weighted by Gasteiger charge is -2.32. The predicted octanol–water partition coefficient (Wildman–Crippen LogP) is 2.91. The summed E-state index contributed by atoms with van der Waals surface area (Å²) in [5.74, 6) is 0.0291. The molecule has 0 radical (unpaired) electrons. The molecule has 3 N–H and O–H groups in total. The Morgan fingerprint density at radius 3 is 2.88 bits per heavy atom. The van der Waals surface area contributed by atoms with Crippen LogP contribution in [-0.2, 0) is 4.79 Å². The fraction of sp³-hybridized carbons (Fsp3) is 0.462. The molecule has 1 amide bonds. The molecular weight excluding hydrogens is 280 g/mol. The quantitative estimate of drug-likeness (QED) is 0.901. The lowest BCUT2D eigenvalue weighted by molar-refractivity contribution is -0.123. The van der Waals surface area contributed by atoms with Crippen LogP contribution in [0, 0.1) is 5.92 Å². The molecule has 2 atom stereocenters. The summed E-state index contributed by atoms with van der Waals surface area (Å²) in [4.78, 5) is 11.8. The summed E-state index contributed by atoms with van der Waals surface area (Å²) in [5, 5.41) is 3.34. The smallest absolute Gasteiger partial charge is 0.243 e. The van der Waals surface area contributed by atoms with Gasteiger partial charge in [0.25, 0.3) is 0 Å². The minimum Gasteiger partial charge on any atom is -0.371 e. The molecule has 1 aromatic rings. The van der Waals surface area contributed by atoms with Crippen LogP contribution in [0.5, 0.6) is 0 Å². The van der Waals surface area contributed by atoms with Gasteiger partial charge in [0.1, 0.15) is 5.54 Å². The molecule has 2 rings (SSSR count). The van der Waals surface area contributed by atoms with Crippen molar-refractivity contribution in [2.75, 3.05) is 5.32 Å². The van der Waals surface area contributed by atoms with Crippen molar-refractivity contribution in [3.8, 4) is 0 Å². The zero-order valence-electron chi connectivity index (χ0n) is 9.87. The molecule has 1 aliphatic carbocycles. The summed E-state index contributed by atoms with van der Waals surface area (Å²) in [5.41, 5.74) is 5.95. The van der Waals surface area contributed by atoms with Crippen molar-refractivity contribution in [3.05, 3.63) is 28.7 Å². The van der Waals surface area contributed by atoms with Crippen molar-refractivity contribution in [3.63, 3.8) is 0 Å². The highest BCUT2D eigenvalue weighted by Gasteiger charge is 2.45. The van der Waals surface area contributed by atoms with E-state index >= 15 is 0 Å². The Bertz CT molecular complexity index is 435. The molecule has 17 heavy (non-hydrogen) atoms. The number of nitrogens with one attached hydrogen (secondary N) is 1. The summed E-state index contributed by atoms with van der Waals surface area (Å²) in [6, 6.07) is 7.83. The molecule has 0 spiro atoms. The maximum absolute atomic E-state index is 11.8. The second-order valence-electron chi connectivity index (χ2n) is 4.76. The number of carbonyl (C=O) groups is 1. The van der Waals surface area contributed by atoms with Crippen LogP contribution in [0.1, 0.15) is 26.2 Å². The molecule has 0 aliphatic heterocycles. The van der Waals surface area contributed by atoms with Crippen molar-refractivity contribution in [1.82, 2.24) is 0 Å². The summed E-state index contributed by atoms with van der Waals surface area (Å²) >= 11 is 3.43. The number of carbonyl (C=O) groups excluding carboxylic acids is 1. The van der Waals surface area contributed by atoms with Crippen molar-refractivity contribution in [2.45, 2.75) is 31.7 Å². The normalized spacial score (nSPS) is 28.0. The van der Waals surface area contributed by atoms with Crippen molar-refractivity contribution < 1.29 is 4.79 Å². The van der Waals surface area contributed by atoms with E-state index in [1.165, 1.54) is 0 Å². The third-order valence-corrected chi connectivity index (χ3v) is 4.17. The first-order chi connectivity index (χ1) is 8.04. The number of halogens is 1. The molecule has 4 heteroatoms. The number of hydrogen-bond acceptors (Lipinski definition) is 2. The fourth-order valence-corrected chi connectivity index (χ4v) is 3.02. The van der Waals surface area contributed by atoms with E-state index in [2.05, 4.69) is 28.2 Å². The number of hydrogen-bond donors (Lipinski definition) is 2. The van der Waals surface area contributed by atoms with Gasteiger partial charge in [0.05, 0.1) is 0 Å². The van der Waals surface area contributed by atoms with Gasteiger partial charge in [0, 0.05) is 10.2 Å². The number of primary amides is 1. The Hall–Kier alpha value is -1.03. The lowest BCUT2D eigenvalue weighted by atomic mass is 9.87. The lowest BCUT2D eigenvalue weighted by Crippen LogP contribution is -2.52. The zero-order valence-corrected chi connectivity index (χ0v) is 11.5. The minimum absolute atomic E-state index is 0.248. The minimum atomic E-state index is -0.583. The van der Waals surface area contributed by atoms with Crippen LogP contribution < -0.4 is 11.1 Å². The van der Waals surface area contributed by atoms with Crippen molar-refractivity contribution >= 4 is 27.5 Å². The van der Waals surface area contributed by atoms with Crippen LogP contribution in [0.4, 0.5) is 5.69 Å². The van der Waals surface area contributed by atoms with Gasteiger partial charge < -0.3 is 11.1 Å². The Kier molecular flexibility index (Phi) is 3.43. The van der Waals surface area contributed by atoms with E-state index in [-0.39, 0.29) is 11.8 Å². The number of nitrogens with two attached hydrogens (primary N) is 1. The van der Waals surface area contributed by atoms with Crippen LogP contribution in [-0.4, -0.2) is 11.4 Å². The first kappa shape index (κ1) is 12.4. The molecule has 1 fully saturated rings. The third kappa shape index (κ3) is 2.32. The van der Waals surface area contributed by atoms with Gasteiger partial charge in [0.2, 0.25) is 5.91 Å². The summed E-state index contributed by atoms with van der Waals surface area (Å²) in [6.07, 6.45) is 2.91. The number of amides is 1. The largest absolute Gasteiger partial charge is 0.371 e. The summed E-state index contributed by atoms with van der Waals surface area (Å²) in [6.45, 7) is 2.09. The number of anilines is 1. The summed E-state index contributed by atoms with van der Waals surface area (Å²) in [7, 11) is 0. The summed E-state index contributed by atoms with van der Waals surface area (Å²) < 4.78 is 0.993. The van der Waals surface area contributed by atoms with Crippen LogP contribution in [0.15, 0.2) is 28.7 Å². The van der Waals surface area contributed by atoms with E-state index in [0.717, 1.165) is 29.4 Å². The fourth-order valence-electron chi connectivity index (χ4n) is 2.62. The van der Waals surface area contributed by atoms with E-state index < -0.39 is 5.54 Å². The Balaban J connectivity index is 2.28. The van der Waals surface area contributed by atoms with E-state index in [9.17, 15) is 4.79 Å². The topological polar surface area (TPSA) is 55.1 Å². The average molecular weight is 297 g/mol. The van der Waals surface area contributed by atoms with Crippen LogP contribution in [0.25, 0.3) is 0 Å². The van der Waals surface area contributed by atoms with Gasteiger partial charge in [-0.2, -0.15) is 0 Å². The Morgan fingerprint density at radius 1 is 1.59 bits per heavy atom. The molecule has 92 valence electrons. The monoisotopic (exact) mass is 296 g/mol. The molecule has 1 aromatic carbocycles. The SMILES string of the molecule is CC1CCCC1(Nc1cccc(Br)c1)C(N)=O. The van der Waals surface area contributed by atoms with E-state index in [4.69, 9.17) is 5.73 Å². The van der Waals surface area contributed by atoms with Gasteiger partial charge in [-0.1, -0.05) is 35.3 Å². The van der Waals surface area contributed by atoms with Crippen LogP contribution in [0.3, 0.4) is 0 Å². The Morgan fingerprint density at radius 2 is 2.35 bits per heavy atom. The first-order valence-corrected chi connectivity index (χ1v) is 6.67. The van der Waals surface area contributed by atoms with Gasteiger partial charge in [-0.05, 0) is 37.0 Å². The van der Waals surface area contributed by atoms with Gasteiger partial charge in [-0.3, -0.25) is 4.79 Å². The van der Waals surface area contributed by atoms with Crippen molar-refractivity contribution in [2.24, 2.45) is 11.7 Å². The number of benzene rings is 1. The third-order valence-electron chi connectivity index (χ3n) is 3.68. The van der Waals surface area contributed by atoms with Gasteiger partial charge >= 0.3 is 0 Å². The maximum Gasteiger partial charge on any atom is 0.243 e. The zero-order chi connectivity index (χ0) is 12.5. The van der Waals surface area contributed by atoms with E-state index in [1.807, 2.05) is 24.3 Å². The van der Waals surface area contributed by atoms with Crippen LogP contribution >= 0.6 is 15.9 Å². The van der Waals surface area contributed by atoms with Gasteiger partial charge in [-0.25, -0.2) is 0 Å². The van der Waals surface area contributed by atoms with E-state index in [0.29, 0.717) is 0 Å². The molecule has 0 bridgehead atoms. The Labute approximate surface area is 110 Å².